The number of aliphatic hydroxyl groups is 2. The van der Waals surface area contributed by atoms with Crippen LogP contribution in [0.2, 0.25) is 0 Å². The van der Waals surface area contributed by atoms with Gasteiger partial charge in [0.2, 0.25) is 0 Å². The number of likely N-dealkylation sites (N-methyl/N-ethyl adjacent to an activating group) is 1. The van der Waals surface area contributed by atoms with Crippen molar-refractivity contribution in [2.75, 3.05) is 45.7 Å². The number of phenolic OH excluding ortho intramolecular Hbond substituents is 3. The average Bonchev–Trinajstić information content (AvgIpc) is 3.43. The van der Waals surface area contributed by atoms with E-state index < -0.39 is 88.8 Å². The van der Waals surface area contributed by atoms with Crippen molar-refractivity contribution in [1.82, 2.24) is 9.91 Å². The summed E-state index contributed by atoms with van der Waals surface area (Å²) in [6.45, 7) is 13.6. The molecule has 2 aromatic rings. The number of esters is 1. The molecule has 58 heavy (non-hydrogen) atoms. The van der Waals surface area contributed by atoms with Crippen molar-refractivity contribution in [3.8, 4) is 23.0 Å². The number of allylic oxidation sites excluding steroid dienone is 2. The monoisotopic (exact) mass is 808 g/mol. The van der Waals surface area contributed by atoms with Crippen LogP contribution >= 0.6 is 0 Å². The predicted octanol–water partition coefficient (Wildman–Crippen LogP) is 4.03. The van der Waals surface area contributed by atoms with Crippen LogP contribution in [0.5, 0.6) is 23.0 Å². The Hall–Kier alpha value is -5.16. The summed E-state index contributed by atoms with van der Waals surface area (Å²) < 4.78 is 23.4. The van der Waals surface area contributed by atoms with Gasteiger partial charge < -0.3 is 54.7 Å². The lowest BCUT2D eigenvalue weighted by atomic mass is 9.78. The number of benzene rings is 2. The second-order valence-electron chi connectivity index (χ2n) is 15.7. The predicted molar refractivity (Wildman–Crippen MR) is 216 cm³/mol. The third-order valence-electron chi connectivity index (χ3n) is 11.5. The topological polar surface area (TPSA) is 220 Å². The number of Topliss-reactive ketones (excluding diaryl/α,β-unsaturated/α-hetero) is 1. The standard InChI is InChI=1S/C42H56N4O12/c1-21-11-10-12-22(2)41(54)44-34-27(20-43-46-16-14-45(8)15-17-46)37(51)33-31(38(34)52)28(48)19-30-32(33)40(53)42(7,58-30)56-18-13-29(55-9)23(3)39(57-26(6)47)25(5)36(50)24(4)35(21)49/h10-13,18-21,23-25,29,35-36,39,48-52H,14-17H2,1-9H3,(H,44,54)/b11-10+,18-13+,22-12-,43-20?/t21-,23-,24+,25+,29+,35-,36+,39+,42-/m0/s1. The second kappa shape index (κ2) is 17.8. The number of nitrogens with zero attached hydrogens (tertiary/aromatic N) is 3. The van der Waals surface area contributed by atoms with Gasteiger partial charge in [0.25, 0.3) is 11.7 Å². The molecule has 1 saturated heterocycles. The molecule has 316 valence electrons. The maximum Gasteiger partial charge on any atom is 0.312 e. The van der Waals surface area contributed by atoms with E-state index in [9.17, 15) is 39.9 Å². The molecule has 16 nitrogen and oxygen atoms in total. The van der Waals surface area contributed by atoms with E-state index in [2.05, 4.69) is 15.3 Å². The molecule has 0 saturated carbocycles. The highest BCUT2D eigenvalue weighted by Gasteiger charge is 2.49. The van der Waals surface area contributed by atoms with Crippen molar-refractivity contribution in [2.45, 2.75) is 78.7 Å². The Balaban J connectivity index is 1.68. The number of hydrogen-bond acceptors (Lipinski definition) is 15. The molecule has 4 aliphatic heterocycles. The van der Waals surface area contributed by atoms with Crippen LogP contribution in [0.1, 0.15) is 64.4 Å². The number of amides is 1. The number of carbonyl (C=O) groups is 3. The summed E-state index contributed by atoms with van der Waals surface area (Å²) in [6, 6.07) is 1.11. The lowest BCUT2D eigenvalue weighted by Gasteiger charge is -2.38. The summed E-state index contributed by atoms with van der Waals surface area (Å²) >= 11 is 0. The third kappa shape index (κ3) is 8.79. The minimum Gasteiger partial charge on any atom is -0.507 e. The van der Waals surface area contributed by atoms with Gasteiger partial charge in [0.15, 0.2) is 5.75 Å². The molecular formula is C42H56N4O12. The Morgan fingerprint density at radius 3 is 2.29 bits per heavy atom. The largest absolute Gasteiger partial charge is 0.507 e. The van der Waals surface area contributed by atoms with Crippen LogP contribution < -0.4 is 10.1 Å². The number of anilines is 1. The van der Waals surface area contributed by atoms with Gasteiger partial charge in [-0.15, -0.1) is 0 Å². The van der Waals surface area contributed by atoms with Crippen LogP contribution in [-0.2, 0) is 23.8 Å². The molecule has 4 heterocycles. The Kier molecular flexibility index (Phi) is 13.5. The minimum atomic E-state index is -2.03. The zero-order valence-corrected chi connectivity index (χ0v) is 34.4. The van der Waals surface area contributed by atoms with Crippen LogP contribution in [0.25, 0.3) is 10.8 Å². The number of methoxy groups -OCH3 is 1. The van der Waals surface area contributed by atoms with Gasteiger partial charge in [0.1, 0.15) is 23.4 Å². The third-order valence-corrected chi connectivity index (χ3v) is 11.5. The smallest absolute Gasteiger partial charge is 0.312 e. The van der Waals surface area contributed by atoms with Gasteiger partial charge in [-0.25, -0.2) is 0 Å². The number of hydrazone groups is 1. The summed E-state index contributed by atoms with van der Waals surface area (Å²) in [6.07, 6.45) is 4.84. The quantitative estimate of drug-likeness (QED) is 0.111. The Morgan fingerprint density at radius 1 is 0.983 bits per heavy atom. The van der Waals surface area contributed by atoms with E-state index in [0.29, 0.717) is 13.1 Å². The van der Waals surface area contributed by atoms with Crippen LogP contribution in [-0.4, -0.2) is 130 Å². The van der Waals surface area contributed by atoms with Crippen LogP contribution in [0.4, 0.5) is 5.69 Å². The lowest BCUT2D eigenvalue weighted by Crippen LogP contribution is -2.46. The Bertz CT molecular complexity index is 2020. The van der Waals surface area contributed by atoms with E-state index in [1.807, 2.05) is 7.05 Å². The van der Waals surface area contributed by atoms with Gasteiger partial charge in [-0.1, -0.05) is 45.9 Å². The molecule has 5 bridgehead atoms. The van der Waals surface area contributed by atoms with Gasteiger partial charge in [-0.05, 0) is 20.0 Å². The Labute approximate surface area is 338 Å². The molecule has 16 heteroatoms. The number of rotatable bonds is 4. The molecule has 0 radical (unpaired) electrons. The SMILES string of the molecule is CO[C@@H]1/C=C/O[C@@]2(C)Oc3cc(O)c4c(O)c(c(C=NN5CCN(C)CC5)c(O)c4c3C2=O)NC(=O)/C(C)=C\C=C\[C@H](C)[C@H](O)[C@@H](C)[C@@H](O)[C@@H](C)[C@H](OC(C)=O)[C@H]1C. The second-order valence-corrected chi connectivity index (χ2v) is 15.7. The van der Waals surface area contributed by atoms with Gasteiger partial charge in [-0.2, -0.15) is 5.10 Å². The van der Waals surface area contributed by atoms with E-state index in [1.165, 1.54) is 52.5 Å². The first-order valence-electron chi connectivity index (χ1n) is 19.4. The van der Waals surface area contributed by atoms with Crippen molar-refractivity contribution in [1.29, 1.82) is 0 Å². The molecule has 0 spiro atoms. The first-order chi connectivity index (χ1) is 27.3. The molecule has 0 aromatic heterocycles. The van der Waals surface area contributed by atoms with E-state index >= 15 is 0 Å². The van der Waals surface area contributed by atoms with E-state index in [4.69, 9.17) is 18.9 Å². The van der Waals surface area contributed by atoms with Gasteiger partial charge in [0.05, 0.1) is 53.0 Å². The molecule has 6 rings (SSSR count). The zero-order chi connectivity index (χ0) is 42.8. The first kappa shape index (κ1) is 44.0. The lowest BCUT2D eigenvalue weighted by molar-refractivity contribution is -0.160. The fourth-order valence-corrected chi connectivity index (χ4v) is 7.71. The number of aliphatic hydroxyl groups excluding tert-OH is 2. The van der Waals surface area contributed by atoms with Crippen LogP contribution in [0, 0.1) is 23.7 Å². The van der Waals surface area contributed by atoms with Crippen molar-refractivity contribution < 1.29 is 58.9 Å². The number of ketones is 1. The van der Waals surface area contributed by atoms with Gasteiger partial charge in [-0.3, -0.25) is 19.4 Å². The Morgan fingerprint density at radius 2 is 1.66 bits per heavy atom. The number of phenols is 3. The first-order valence-corrected chi connectivity index (χ1v) is 19.4. The summed E-state index contributed by atoms with van der Waals surface area (Å²) in [7, 11) is 3.42. The highest BCUT2D eigenvalue weighted by atomic mass is 16.7. The minimum absolute atomic E-state index is 0.136. The van der Waals surface area contributed by atoms with Gasteiger partial charge in [0, 0.05) is 87.8 Å². The molecule has 1 amide bonds. The molecule has 2 aromatic carbocycles. The number of aromatic hydroxyl groups is 3. The molecular weight excluding hydrogens is 752 g/mol. The summed E-state index contributed by atoms with van der Waals surface area (Å²) in [5.41, 5.74) is -0.430. The fraction of sp³-hybridized carbons (Fsp3) is 0.524. The van der Waals surface area contributed by atoms with Gasteiger partial charge >= 0.3 is 11.8 Å². The molecule has 0 aliphatic carbocycles. The van der Waals surface area contributed by atoms with Crippen molar-refractivity contribution in [3.63, 3.8) is 0 Å². The van der Waals surface area contributed by atoms with E-state index in [-0.39, 0.29) is 38.9 Å². The maximum absolute atomic E-state index is 14.3. The summed E-state index contributed by atoms with van der Waals surface area (Å²) in [4.78, 5) is 42.4. The normalized spacial score (nSPS) is 32.4. The fourth-order valence-electron chi connectivity index (χ4n) is 7.71. The van der Waals surface area contributed by atoms with Crippen molar-refractivity contribution in [3.05, 3.63) is 53.3 Å². The number of fused-ring (bicyclic) bond motifs is 14. The molecule has 4 aliphatic rings. The number of carbonyl (C=O) groups excluding carboxylic acids is 3. The highest BCUT2D eigenvalue weighted by molar-refractivity contribution is 6.23. The van der Waals surface area contributed by atoms with E-state index in [0.717, 1.165) is 19.2 Å². The maximum atomic E-state index is 14.3. The van der Waals surface area contributed by atoms with E-state index in [1.54, 1.807) is 44.9 Å². The van der Waals surface area contributed by atoms with Crippen LogP contribution in [0.3, 0.4) is 0 Å². The summed E-state index contributed by atoms with van der Waals surface area (Å²) in [5, 5.41) is 66.2. The zero-order valence-electron chi connectivity index (χ0n) is 34.4. The van der Waals surface area contributed by atoms with Crippen molar-refractivity contribution >= 4 is 40.3 Å². The number of hydrogen-bond donors (Lipinski definition) is 6. The molecule has 1 fully saturated rings. The molecule has 9 atom stereocenters. The summed E-state index contributed by atoms with van der Waals surface area (Å²) in [5.74, 6) is -8.44. The number of nitrogens with one attached hydrogen (secondary N) is 1. The molecule has 0 unspecified atom stereocenters. The number of ether oxygens (including phenoxy) is 4. The highest BCUT2D eigenvalue weighted by Crippen LogP contribution is 2.53. The van der Waals surface area contributed by atoms with Crippen molar-refractivity contribution in [2.24, 2.45) is 28.8 Å². The molecule has 6 N–H and O–H groups in total. The average molecular weight is 809 g/mol. The number of piperazine rings is 1. The van der Waals surface area contributed by atoms with Crippen LogP contribution in [0.15, 0.2) is 47.3 Å².